The Hall–Kier alpha value is -3.08. The van der Waals surface area contributed by atoms with E-state index >= 15 is 0 Å². The summed E-state index contributed by atoms with van der Waals surface area (Å²) in [5.74, 6) is 3.61. The zero-order valence-corrected chi connectivity index (χ0v) is 24.7. The summed E-state index contributed by atoms with van der Waals surface area (Å²) in [7, 11) is 3.27. The molecule has 9 nitrogen and oxygen atoms in total. The van der Waals surface area contributed by atoms with Crippen LogP contribution in [0.3, 0.4) is 0 Å². The highest BCUT2D eigenvalue weighted by Gasteiger charge is 2.47. The van der Waals surface area contributed by atoms with Gasteiger partial charge in [-0.1, -0.05) is 24.0 Å². The van der Waals surface area contributed by atoms with Crippen LogP contribution >= 0.6 is 0 Å². The number of rotatable bonds is 9. The molecule has 3 heterocycles. The van der Waals surface area contributed by atoms with E-state index in [0.717, 1.165) is 47.4 Å². The minimum atomic E-state index is -0.992. The summed E-state index contributed by atoms with van der Waals surface area (Å²) in [5.41, 5.74) is 11.7. The number of nitrogens with two attached hydrogens (primary N) is 1. The quantitative estimate of drug-likeness (QED) is 0.385. The maximum absolute atomic E-state index is 13.8. The second-order valence-corrected chi connectivity index (χ2v) is 13.6. The van der Waals surface area contributed by atoms with Crippen LogP contribution < -0.4 is 15.2 Å². The van der Waals surface area contributed by atoms with E-state index in [2.05, 4.69) is 16.7 Å². The molecule has 1 amide bonds. The van der Waals surface area contributed by atoms with E-state index in [1.807, 2.05) is 23.1 Å². The minimum absolute atomic E-state index is 0.0194. The van der Waals surface area contributed by atoms with Gasteiger partial charge in [-0.2, -0.15) is 0 Å². The molecule has 2 bridgehead atoms. The standard InChI is InChI=1S/C31H37N5O4S/c1-39-25-15-20(31(37)36-16-19-6-8-24(36)27(19)32)14-23-29(25)35(10-11-41(3)38)30(33-23)22-13-18-7-9-26(40-2)34-28(18)21(22)12-17-4-5-17/h7,9,13-15,17,19,21,24,27H,4-6,8,10-12,16,32H2,1-3H3/t19-,21?,24-,27-,41?/m1/s1. The third-order valence-corrected chi connectivity index (χ3v) is 10.2. The molecular formula is C31H37N5O4S. The number of ether oxygens (including phenoxy) is 2. The summed E-state index contributed by atoms with van der Waals surface area (Å²) in [5, 5.41) is 0. The lowest BCUT2D eigenvalue weighted by atomic mass is 9.93. The number of allylic oxidation sites excluding steroid dienone is 1. The fourth-order valence-corrected chi connectivity index (χ4v) is 7.60. The molecule has 0 spiro atoms. The van der Waals surface area contributed by atoms with Gasteiger partial charge in [0.1, 0.15) is 22.8 Å². The first-order valence-electron chi connectivity index (χ1n) is 14.6. The van der Waals surface area contributed by atoms with Crippen molar-refractivity contribution in [2.24, 2.45) is 17.6 Å². The number of hydrogen-bond donors (Lipinski definition) is 1. The Morgan fingerprint density at radius 2 is 1.98 bits per heavy atom. The average Bonchev–Trinajstić information content (AvgIpc) is 3.33. The number of nitrogens with zero attached hydrogens (tertiary/aromatic N) is 4. The Balaban J connectivity index is 1.34. The fraction of sp³-hybridized carbons (Fsp3) is 0.516. The van der Waals surface area contributed by atoms with Crippen molar-refractivity contribution in [1.82, 2.24) is 19.4 Å². The average molecular weight is 576 g/mol. The van der Waals surface area contributed by atoms with Crippen LogP contribution in [0.5, 0.6) is 11.6 Å². The molecular weight excluding hydrogens is 538 g/mol. The molecule has 41 heavy (non-hydrogen) atoms. The summed E-state index contributed by atoms with van der Waals surface area (Å²) in [4.78, 5) is 25.7. The second kappa shape index (κ2) is 10.3. The molecule has 216 valence electrons. The Labute approximate surface area is 243 Å². The van der Waals surface area contributed by atoms with Crippen molar-refractivity contribution < 1.29 is 18.8 Å². The second-order valence-electron chi connectivity index (χ2n) is 12.0. The zero-order chi connectivity index (χ0) is 28.4. The van der Waals surface area contributed by atoms with E-state index in [1.54, 1.807) is 20.5 Å². The lowest BCUT2D eigenvalue weighted by molar-refractivity contribution is 0.0700. The molecule has 1 aliphatic heterocycles. The smallest absolute Gasteiger partial charge is 0.254 e. The van der Waals surface area contributed by atoms with Crippen molar-refractivity contribution in [1.29, 1.82) is 0 Å². The van der Waals surface area contributed by atoms with Crippen molar-refractivity contribution in [2.45, 2.75) is 56.7 Å². The number of imidazole rings is 1. The molecule has 10 heteroatoms. The summed E-state index contributed by atoms with van der Waals surface area (Å²) in [6, 6.07) is 7.83. The van der Waals surface area contributed by atoms with Gasteiger partial charge in [-0.15, -0.1) is 0 Å². The van der Waals surface area contributed by atoms with Gasteiger partial charge in [-0.3, -0.25) is 4.79 Å². The molecule has 3 aliphatic carbocycles. The molecule has 4 aliphatic rings. The monoisotopic (exact) mass is 575 g/mol. The van der Waals surface area contributed by atoms with E-state index in [9.17, 15) is 9.35 Å². The van der Waals surface area contributed by atoms with Gasteiger partial charge in [0.25, 0.3) is 5.91 Å². The largest absolute Gasteiger partial charge is 0.617 e. The Morgan fingerprint density at radius 3 is 2.63 bits per heavy atom. The Kier molecular flexibility index (Phi) is 6.75. The fourth-order valence-electron chi connectivity index (χ4n) is 7.16. The van der Waals surface area contributed by atoms with Crippen molar-refractivity contribution in [3.63, 3.8) is 0 Å². The summed E-state index contributed by atoms with van der Waals surface area (Å²) >= 11 is -0.992. The maximum Gasteiger partial charge on any atom is 0.254 e. The highest BCUT2D eigenvalue weighted by Crippen LogP contribution is 2.50. The maximum atomic E-state index is 13.8. The van der Waals surface area contributed by atoms with Crippen LogP contribution in [0.4, 0.5) is 0 Å². The lowest BCUT2D eigenvalue weighted by Crippen LogP contribution is -2.41. The number of piperidine rings is 1. The first-order valence-corrected chi connectivity index (χ1v) is 16.3. The number of likely N-dealkylation sites (tertiary alicyclic amines) is 1. The van der Waals surface area contributed by atoms with Crippen LogP contribution in [-0.4, -0.2) is 74.8 Å². The summed E-state index contributed by atoms with van der Waals surface area (Å²) in [6.45, 7) is 1.22. The number of aryl methyl sites for hydroxylation is 1. The van der Waals surface area contributed by atoms with Crippen molar-refractivity contribution in [3.8, 4) is 11.6 Å². The van der Waals surface area contributed by atoms with Crippen LogP contribution in [0.25, 0.3) is 22.7 Å². The third-order valence-electron chi connectivity index (χ3n) is 9.47. The van der Waals surface area contributed by atoms with E-state index in [1.165, 1.54) is 12.8 Å². The molecule has 1 aromatic carbocycles. The number of fused-ring (bicyclic) bond motifs is 4. The predicted molar refractivity (Wildman–Crippen MR) is 159 cm³/mol. The first kappa shape index (κ1) is 26.8. The number of carbonyl (C=O) groups is 1. The lowest BCUT2D eigenvalue weighted by Gasteiger charge is -2.27. The molecule has 0 radical (unpaired) electrons. The highest BCUT2D eigenvalue weighted by molar-refractivity contribution is 7.90. The summed E-state index contributed by atoms with van der Waals surface area (Å²) in [6.07, 6.45) is 9.42. The van der Waals surface area contributed by atoms with Crippen LogP contribution in [0.2, 0.25) is 0 Å². The van der Waals surface area contributed by atoms with Crippen LogP contribution in [0, 0.1) is 11.8 Å². The van der Waals surface area contributed by atoms with Crippen LogP contribution in [0.15, 0.2) is 24.3 Å². The van der Waals surface area contributed by atoms with Gasteiger partial charge in [0.15, 0.2) is 0 Å². The van der Waals surface area contributed by atoms with Gasteiger partial charge in [-0.25, -0.2) is 9.97 Å². The van der Waals surface area contributed by atoms with Crippen molar-refractivity contribution in [2.75, 3.05) is 32.8 Å². The molecule has 2 N–H and O–H groups in total. The number of hydrogen-bond acceptors (Lipinski definition) is 7. The van der Waals surface area contributed by atoms with E-state index in [4.69, 9.17) is 25.2 Å². The van der Waals surface area contributed by atoms with Gasteiger partial charge in [-0.05, 0) is 60.9 Å². The first-order chi connectivity index (χ1) is 19.9. The minimum Gasteiger partial charge on any atom is -0.617 e. The molecule has 5 atom stereocenters. The molecule has 1 saturated heterocycles. The van der Waals surface area contributed by atoms with E-state index in [0.29, 0.717) is 53.4 Å². The number of aromatic nitrogens is 3. The summed E-state index contributed by atoms with van der Waals surface area (Å²) < 4.78 is 25.8. The Bertz CT molecular complexity index is 1550. The van der Waals surface area contributed by atoms with Gasteiger partial charge < -0.3 is 29.2 Å². The van der Waals surface area contributed by atoms with E-state index in [-0.39, 0.29) is 23.9 Å². The van der Waals surface area contributed by atoms with Crippen LogP contribution in [-0.2, 0) is 17.7 Å². The number of benzene rings is 1. The normalized spacial score (nSPS) is 25.5. The number of pyridine rings is 1. The zero-order valence-electron chi connectivity index (χ0n) is 23.8. The van der Waals surface area contributed by atoms with Gasteiger partial charge in [0.2, 0.25) is 5.88 Å². The number of carbonyl (C=O) groups excluding carboxylic acids is 1. The molecule has 3 aromatic rings. The van der Waals surface area contributed by atoms with Gasteiger partial charge >= 0.3 is 0 Å². The predicted octanol–water partition coefficient (Wildman–Crippen LogP) is 3.83. The van der Waals surface area contributed by atoms with Crippen LogP contribution in [0.1, 0.15) is 65.5 Å². The number of methoxy groups -OCH3 is 2. The molecule has 2 unspecified atom stereocenters. The topological polar surface area (TPSA) is 119 Å². The third kappa shape index (κ3) is 4.60. The Morgan fingerprint density at radius 1 is 1.15 bits per heavy atom. The molecule has 2 aromatic heterocycles. The van der Waals surface area contributed by atoms with Crippen molar-refractivity contribution >= 4 is 39.8 Å². The van der Waals surface area contributed by atoms with Gasteiger partial charge in [0.05, 0.1) is 38.2 Å². The molecule has 7 rings (SSSR count). The van der Waals surface area contributed by atoms with E-state index < -0.39 is 11.2 Å². The highest BCUT2D eigenvalue weighted by atomic mass is 32.2. The number of amides is 1. The van der Waals surface area contributed by atoms with Gasteiger partial charge in [0, 0.05) is 41.7 Å². The SMILES string of the molecule is COc1ccc2c(n1)C(CC1CC1)C(c1nc3cc(C(=O)N4C[C@H]5CC[C@@H]4[C@@H]5N)cc(OC)c3n1CC[S+](C)[O-])=C2. The molecule has 3 fully saturated rings. The van der Waals surface area contributed by atoms with Crippen molar-refractivity contribution in [3.05, 3.63) is 46.9 Å². The molecule has 2 saturated carbocycles.